The molecule has 0 saturated carbocycles. The minimum atomic E-state index is 0.0369. The van der Waals surface area contributed by atoms with Crippen molar-refractivity contribution >= 4 is 11.9 Å². The molecule has 0 N–H and O–H groups in total. The van der Waals surface area contributed by atoms with Crippen LogP contribution in [0.15, 0.2) is 48.5 Å². The maximum Gasteiger partial charge on any atom is 0.169 e. The first-order chi connectivity index (χ1) is 10.1. The number of allylic oxidation sites excluding steroid dienone is 1. The van der Waals surface area contributed by atoms with Crippen molar-refractivity contribution < 1.29 is 14.3 Å². The Bertz CT molecular complexity index is 655. The molecule has 2 aromatic rings. The van der Waals surface area contributed by atoms with Gasteiger partial charge >= 0.3 is 0 Å². The Kier molecular flexibility index (Phi) is 4.77. The van der Waals surface area contributed by atoms with Gasteiger partial charge < -0.3 is 9.47 Å². The number of hydrogen-bond acceptors (Lipinski definition) is 3. The van der Waals surface area contributed by atoms with Crippen molar-refractivity contribution in [2.24, 2.45) is 0 Å². The van der Waals surface area contributed by atoms with E-state index in [0.29, 0.717) is 22.8 Å². The van der Waals surface area contributed by atoms with Gasteiger partial charge in [-0.15, -0.1) is 0 Å². The van der Waals surface area contributed by atoms with Crippen LogP contribution in [0, 0.1) is 0 Å². The highest BCUT2D eigenvalue weighted by Gasteiger charge is 2.07. The zero-order chi connectivity index (χ0) is 15.2. The number of ether oxygens (including phenoxy) is 2. The summed E-state index contributed by atoms with van der Waals surface area (Å²) in [4.78, 5) is 11.2. The van der Waals surface area contributed by atoms with Crippen LogP contribution in [0.25, 0.3) is 6.08 Å². The van der Waals surface area contributed by atoms with E-state index in [0.717, 1.165) is 5.56 Å². The SMILES string of the molecule is C/C=C\c1ccc(Oc2ccc(C(C)=O)cc2)c(OC)c1. The predicted octanol–water partition coefficient (Wildman–Crippen LogP) is 4.72. The third kappa shape index (κ3) is 3.72. The third-order valence-corrected chi connectivity index (χ3v) is 3.04. The highest BCUT2D eigenvalue weighted by molar-refractivity contribution is 5.94. The number of ketones is 1. The maximum atomic E-state index is 11.2. The fourth-order valence-electron chi connectivity index (χ4n) is 1.95. The number of benzene rings is 2. The smallest absolute Gasteiger partial charge is 0.169 e. The van der Waals surface area contributed by atoms with Gasteiger partial charge in [-0.1, -0.05) is 18.2 Å². The Morgan fingerprint density at radius 2 is 1.76 bits per heavy atom. The summed E-state index contributed by atoms with van der Waals surface area (Å²) in [6, 6.07) is 12.8. The lowest BCUT2D eigenvalue weighted by molar-refractivity contribution is 0.101. The molecule has 0 atom stereocenters. The van der Waals surface area contributed by atoms with Crippen LogP contribution in [0.2, 0.25) is 0 Å². The molecule has 0 aliphatic carbocycles. The first kappa shape index (κ1) is 14.9. The van der Waals surface area contributed by atoms with E-state index in [9.17, 15) is 4.79 Å². The Morgan fingerprint density at radius 1 is 1.05 bits per heavy atom. The summed E-state index contributed by atoms with van der Waals surface area (Å²) in [5.74, 6) is 2.01. The van der Waals surface area contributed by atoms with Crippen molar-refractivity contribution in [1.82, 2.24) is 0 Å². The van der Waals surface area contributed by atoms with E-state index in [1.54, 1.807) is 38.3 Å². The summed E-state index contributed by atoms with van der Waals surface area (Å²) in [5.41, 5.74) is 1.71. The number of methoxy groups -OCH3 is 1. The first-order valence-corrected chi connectivity index (χ1v) is 6.73. The van der Waals surface area contributed by atoms with Gasteiger partial charge in [0.15, 0.2) is 17.3 Å². The Labute approximate surface area is 124 Å². The molecule has 2 rings (SSSR count). The summed E-state index contributed by atoms with van der Waals surface area (Å²) < 4.78 is 11.2. The molecule has 21 heavy (non-hydrogen) atoms. The van der Waals surface area contributed by atoms with Gasteiger partial charge in [0, 0.05) is 5.56 Å². The van der Waals surface area contributed by atoms with Gasteiger partial charge in [-0.25, -0.2) is 0 Å². The van der Waals surface area contributed by atoms with E-state index >= 15 is 0 Å². The molecule has 0 radical (unpaired) electrons. The molecule has 0 spiro atoms. The van der Waals surface area contributed by atoms with Crippen LogP contribution >= 0.6 is 0 Å². The van der Waals surface area contributed by atoms with Crippen molar-refractivity contribution in [2.45, 2.75) is 13.8 Å². The molecule has 3 heteroatoms. The van der Waals surface area contributed by atoms with Crippen LogP contribution in [-0.2, 0) is 0 Å². The molecule has 108 valence electrons. The molecular weight excluding hydrogens is 264 g/mol. The number of carbonyl (C=O) groups excluding carboxylic acids is 1. The number of rotatable bonds is 5. The number of hydrogen-bond donors (Lipinski definition) is 0. The molecule has 0 amide bonds. The topological polar surface area (TPSA) is 35.5 Å². The van der Waals surface area contributed by atoms with Crippen molar-refractivity contribution in [3.05, 3.63) is 59.7 Å². The number of Topliss-reactive ketones (excluding diaryl/α,β-unsaturated/α-hetero) is 1. The lowest BCUT2D eigenvalue weighted by Crippen LogP contribution is -1.93. The lowest BCUT2D eigenvalue weighted by Gasteiger charge is -2.11. The molecule has 3 nitrogen and oxygen atoms in total. The second-order valence-corrected chi connectivity index (χ2v) is 4.59. The number of carbonyl (C=O) groups is 1. The fourth-order valence-corrected chi connectivity index (χ4v) is 1.95. The van der Waals surface area contributed by atoms with Crippen molar-refractivity contribution in [2.75, 3.05) is 7.11 Å². The molecule has 2 aromatic carbocycles. The molecule has 0 bridgehead atoms. The summed E-state index contributed by atoms with van der Waals surface area (Å²) in [7, 11) is 1.61. The third-order valence-electron chi connectivity index (χ3n) is 3.04. The van der Waals surface area contributed by atoms with Crippen LogP contribution in [0.3, 0.4) is 0 Å². The second kappa shape index (κ2) is 6.75. The summed E-state index contributed by atoms with van der Waals surface area (Å²) in [6.45, 7) is 3.51. The predicted molar refractivity (Wildman–Crippen MR) is 84.2 cm³/mol. The summed E-state index contributed by atoms with van der Waals surface area (Å²) in [5, 5.41) is 0. The maximum absolute atomic E-state index is 11.2. The molecule has 0 aromatic heterocycles. The average Bonchev–Trinajstić information content (AvgIpc) is 2.49. The van der Waals surface area contributed by atoms with Crippen molar-refractivity contribution in [1.29, 1.82) is 0 Å². The quantitative estimate of drug-likeness (QED) is 0.744. The van der Waals surface area contributed by atoms with E-state index in [4.69, 9.17) is 9.47 Å². The van der Waals surface area contributed by atoms with Gasteiger partial charge in [0.2, 0.25) is 0 Å². The Hall–Kier alpha value is -2.55. The fraction of sp³-hybridized carbons (Fsp3) is 0.167. The molecule has 0 unspecified atom stereocenters. The highest BCUT2D eigenvalue weighted by Crippen LogP contribution is 2.32. The standard InChI is InChI=1S/C18H18O3/c1-4-5-14-6-11-17(18(12-14)20-3)21-16-9-7-15(8-10-16)13(2)19/h4-12H,1-3H3/b5-4-. The monoisotopic (exact) mass is 282 g/mol. The van der Waals surface area contributed by atoms with Gasteiger partial charge in [0.25, 0.3) is 0 Å². The zero-order valence-corrected chi connectivity index (χ0v) is 12.4. The molecule has 0 saturated heterocycles. The molecule has 0 fully saturated rings. The van der Waals surface area contributed by atoms with E-state index in [1.807, 2.05) is 37.3 Å². The van der Waals surface area contributed by atoms with Gasteiger partial charge in [-0.05, 0) is 55.8 Å². The van der Waals surface area contributed by atoms with Gasteiger partial charge in [-0.3, -0.25) is 4.79 Å². The second-order valence-electron chi connectivity index (χ2n) is 4.59. The summed E-state index contributed by atoms with van der Waals surface area (Å²) in [6.07, 6.45) is 3.96. The molecule has 0 aliphatic rings. The van der Waals surface area contributed by atoms with Crippen molar-refractivity contribution in [3.63, 3.8) is 0 Å². The Balaban J connectivity index is 2.24. The normalized spacial score (nSPS) is 10.6. The summed E-state index contributed by atoms with van der Waals surface area (Å²) >= 11 is 0. The van der Waals surface area contributed by atoms with E-state index in [1.165, 1.54) is 0 Å². The first-order valence-electron chi connectivity index (χ1n) is 6.73. The van der Waals surface area contributed by atoms with Gasteiger partial charge in [-0.2, -0.15) is 0 Å². The van der Waals surface area contributed by atoms with Crippen LogP contribution in [0.1, 0.15) is 29.8 Å². The van der Waals surface area contributed by atoms with Gasteiger partial charge in [0.05, 0.1) is 7.11 Å². The molecular formula is C18H18O3. The van der Waals surface area contributed by atoms with Crippen LogP contribution < -0.4 is 9.47 Å². The average molecular weight is 282 g/mol. The lowest BCUT2D eigenvalue weighted by atomic mass is 10.1. The van der Waals surface area contributed by atoms with Crippen LogP contribution in [0.4, 0.5) is 0 Å². The van der Waals surface area contributed by atoms with Crippen molar-refractivity contribution in [3.8, 4) is 17.2 Å². The molecule has 0 aliphatic heterocycles. The minimum Gasteiger partial charge on any atom is -0.493 e. The van der Waals surface area contributed by atoms with Gasteiger partial charge in [0.1, 0.15) is 5.75 Å². The van der Waals surface area contributed by atoms with E-state index < -0.39 is 0 Å². The van der Waals surface area contributed by atoms with Crippen LogP contribution in [0.5, 0.6) is 17.2 Å². The Morgan fingerprint density at radius 3 is 2.33 bits per heavy atom. The molecule has 0 heterocycles. The van der Waals surface area contributed by atoms with E-state index in [2.05, 4.69) is 0 Å². The zero-order valence-electron chi connectivity index (χ0n) is 12.4. The largest absolute Gasteiger partial charge is 0.493 e. The van der Waals surface area contributed by atoms with Crippen LogP contribution in [-0.4, -0.2) is 12.9 Å². The highest BCUT2D eigenvalue weighted by atomic mass is 16.5. The minimum absolute atomic E-state index is 0.0369. The van der Waals surface area contributed by atoms with E-state index in [-0.39, 0.29) is 5.78 Å².